The van der Waals surface area contributed by atoms with Crippen LogP contribution in [0, 0.1) is 5.82 Å². The van der Waals surface area contributed by atoms with Gasteiger partial charge in [-0.2, -0.15) is 0 Å². The van der Waals surface area contributed by atoms with E-state index < -0.39 is 5.82 Å². The highest BCUT2D eigenvalue weighted by atomic mass is 35.5. The Hall–Kier alpha value is -0.840. The molecule has 0 radical (unpaired) electrons. The third-order valence-corrected chi connectivity index (χ3v) is 4.01. The Morgan fingerprint density at radius 3 is 2.84 bits per heavy atom. The van der Waals surface area contributed by atoms with Gasteiger partial charge in [0.2, 0.25) is 0 Å². The first-order valence-electron chi connectivity index (χ1n) is 5.76. The lowest BCUT2D eigenvalue weighted by atomic mass is 10.2. The summed E-state index contributed by atoms with van der Waals surface area (Å²) in [5.41, 5.74) is 0.806. The maximum atomic E-state index is 13.7. The van der Waals surface area contributed by atoms with Gasteiger partial charge < -0.3 is 4.74 Å². The average molecular weight is 320 g/mol. The topological polar surface area (TPSA) is 22.1 Å². The molecule has 0 amide bonds. The van der Waals surface area contributed by atoms with Crippen LogP contribution in [0.1, 0.15) is 30.2 Å². The highest BCUT2D eigenvalue weighted by Crippen LogP contribution is 2.30. The number of thiazole rings is 1. The van der Waals surface area contributed by atoms with Gasteiger partial charge >= 0.3 is 0 Å². The Kier molecular flexibility index (Phi) is 5.02. The molecule has 2 aromatic rings. The van der Waals surface area contributed by atoms with Crippen LogP contribution in [0.3, 0.4) is 0 Å². The monoisotopic (exact) mass is 319 g/mol. The van der Waals surface area contributed by atoms with Gasteiger partial charge in [-0.1, -0.05) is 18.5 Å². The molecule has 1 unspecified atom stereocenters. The second kappa shape index (κ2) is 6.55. The maximum absolute atomic E-state index is 13.7. The first kappa shape index (κ1) is 14.6. The molecule has 2 rings (SSSR count). The fourth-order valence-electron chi connectivity index (χ4n) is 1.56. The van der Waals surface area contributed by atoms with Gasteiger partial charge in [0.1, 0.15) is 11.1 Å². The van der Waals surface area contributed by atoms with Crippen molar-refractivity contribution in [2.24, 2.45) is 0 Å². The number of alkyl halides is 1. The highest BCUT2D eigenvalue weighted by Gasteiger charge is 2.17. The molecule has 1 aromatic carbocycles. The fourth-order valence-corrected chi connectivity index (χ4v) is 2.88. The van der Waals surface area contributed by atoms with Crippen molar-refractivity contribution >= 4 is 34.5 Å². The van der Waals surface area contributed by atoms with Gasteiger partial charge in [0.25, 0.3) is 0 Å². The van der Waals surface area contributed by atoms with Gasteiger partial charge in [-0.15, -0.1) is 22.9 Å². The molecule has 0 fully saturated rings. The van der Waals surface area contributed by atoms with Crippen molar-refractivity contribution in [3.05, 3.63) is 45.1 Å². The Morgan fingerprint density at radius 1 is 1.47 bits per heavy atom. The quantitative estimate of drug-likeness (QED) is 0.706. The van der Waals surface area contributed by atoms with Crippen LogP contribution in [0.15, 0.2) is 23.6 Å². The number of hydrogen-bond acceptors (Lipinski definition) is 3. The molecule has 0 aliphatic carbocycles. The van der Waals surface area contributed by atoms with E-state index in [2.05, 4.69) is 4.98 Å². The molecular weight excluding hydrogens is 308 g/mol. The summed E-state index contributed by atoms with van der Waals surface area (Å²) in [4.78, 5) is 4.36. The molecule has 0 N–H and O–H groups in total. The first-order chi connectivity index (χ1) is 9.13. The van der Waals surface area contributed by atoms with Crippen molar-refractivity contribution in [2.45, 2.75) is 25.3 Å². The molecule has 1 aromatic heterocycles. The van der Waals surface area contributed by atoms with Crippen LogP contribution in [-0.4, -0.2) is 4.98 Å². The minimum Gasteiger partial charge on any atom is -0.480 e. The van der Waals surface area contributed by atoms with Crippen LogP contribution < -0.4 is 4.74 Å². The fraction of sp³-hybridized carbons (Fsp3) is 0.308. The molecule has 0 aliphatic rings. The number of aromatic nitrogens is 1. The molecule has 0 saturated heterocycles. The average Bonchev–Trinajstić information content (AvgIpc) is 2.86. The van der Waals surface area contributed by atoms with E-state index >= 15 is 0 Å². The summed E-state index contributed by atoms with van der Waals surface area (Å²) in [6.07, 6.45) is 0.412. The van der Waals surface area contributed by atoms with Gasteiger partial charge in [0, 0.05) is 10.4 Å². The Balaban J connectivity index is 2.18. The number of nitrogens with zero attached hydrogens (tertiary/aromatic N) is 1. The predicted octanol–water partition coefficient (Wildman–Crippen LogP) is 5.20. The van der Waals surface area contributed by atoms with Crippen LogP contribution in [-0.2, 0) is 5.88 Å². The normalized spacial score (nSPS) is 12.4. The summed E-state index contributed by atoms with van der Waals surface area (Å²) < 4.78 is 19.4. The van der Waals surface area contributed by atoms with Crippen molar-refractivity contribution in [3.8, 4) is 5.75 Å². The number of hydrogen-bond donors (Lipinski definition) is 0. The van der Waals surface area contributed by atoms with Gasteiger partial charge in [-0.3, -0.25) is 0 Å². The summed E-state index contributed by atoms with van der Waals surface area (Å²) in [6, 6.07) is 4.35. The molecule has 2 nitrogen and oxygen atoms in total. The smallest absolute Gasteiger partial charge is 0.166 e. The number of rotatable bonds is 5. The zero-order valence-electron chi connectivity index (χ0n) is 10.2. The van der Waals surface area contributed by atoms with E-state index in [4.69, 9.17) is 27.9 Å². The van der Waals surface area contributed by atoms with Crippen LogP contribution in [0.2, 0.25) is 5.02 Å². The second-order valence-electron chi connectivity index (χ2n) is 3.90. The molecule has 0 bridgehead atoms. The molecule has 102 valence electrons. The van der Waals surface area contributed by atoms with Crippen molar-refractivity contribution in [2.75, 3.05) is 0 Å². The van der Waals surface area contributed by atoms with Crippen molar-refractivity contribution in [3.63, 3.8) is 0 Å². The van der Waals surface area contributed by atoms with E-state index in [9.17, 15) is 4.39 Å². The molecule has 0 spiro atoms. The highest BCUT2D eigenvalue weighted by molar-refractivity contribution is 7.09. The standard InChI is InChI=1S/C13H12Cl2FNOS/c1-2-11(13-17-9(6-14)7-19-13)18-12-4-3-8(15)5-10(12)16/h3-5,7,11H,2,6H2,1H3. The second-order valence-corrected chi connectivity index (χ2v) is 5.49. The minimum atomic E-state index is -0.472. The van der Waals surface area contributed by atoms with Crippen molar-refractivity contribution in [1.29, 1.82) is 0 Å². The van der Waals surface area contributed by atoms with Crippen LogP contribution in [0.4, 0.5) is 4.39 Å². The molecule has 0 saturated carbocycles. The van der Waals surface area contributed by atoms with Gasteiger partial charge in [0.15, 0.2) is 11.6 Å². The van der Waals surface area contributed by atoms with E-state index in [0.717, 1.165) is 10.7 Å². The van der Waals surface area contributed by atoms with E-state index in [1.807, 2.05) is 12.3 Å². The molecule has 6 heteroatoms. The molecule has 0 aliphatic heterocycles. The molecular formula is C13H12Cl2FNOS. The third-order valence-electron chi connectivity index (χ3n) is 2.52. The third kappa shape index (κ3) is 3.59. The summed E-state index contributed by atoms with van der Waals surface area (Å²) >= 11 is 12.9. The number of ether oxygens (including phenoxy) is 1. The van der Waals surface area contributed by atoms with Gasteiger partial charge in [0.05, 0.1) is 11.6 Å². The zero-order chi connectivity index (χ0) is 13.8. The lowest BCUT2D eigenvalue weighted by molar-refractivity contribution is 0.191. The summed E-state index contributed by atoms with van der Waals surface area (Å²) in [5.74, 6) is 0.0707. The molecule has 19 heavy (non-hydrogen) atoms. The molecule has 1 heterocycles. The lowest BCUT2D eigenvalue weighted by Gasteiger charge is -2.15. The Labute approximate surface area is 125 Å². The van der Waals surface area contributed by atoms with E-state index in [1.54, 1.807) is 6.07 Å². The SMILES string of the molecule is CCC(Oc1ccc(Cl)cc1F)c1nc(CCl)cs1. The minimum absolute atomic E-state index is 0.180. The van der Waals surface area contributed by atoms with Gasteiger partial charge in [-0.05, 0) is 24.6 Å². The van der Waals surface area contributed by atoms with E-state index in [-0.39, 0.29) is 11.9 Å². The summed E-state index contributed by atoms with van der Waals surface area (Å²) in [5, 5.41) is 3.02. The summed E-state index contributed by atoms with van der Waals surface area (Å²) in [7, 11) is 0. The Bertz CT molecular complexity index is 561. The van der Waals surface area contributed by atoms with Crippen molar-refractivity contribution < 1.29 is 9.13 Å². The Morgan fingerprint density at radius 2 is 2.26 bits per heavy atom. The van der Waals surface area contributed by atoms with Gasteiger partial charge in [-0.25, -0.2) is 9.37 Å². The first-order valence-corrected chi connectivity index (χ1v) is 7.55. The lowest BCUT2D eigenvalue weighted by Crippen LogP contribution is -2.07. The predicted molar refractivity (Wildman–Crippen MR) is 76.7 cm³/mol. The van der Waals surface area contributed by atoms with Crippen LogP contribution in [0.25, 0.3) is 0 Å². The largest absolute Gasteiger partial charge is 0.480 e. The molecule has 1 atom stereocenters. The number of benzene rings is 1. The zero-order valence-corrected chi connectivity index (χ0v) is 12.5. The van der Waals surface area contributed by atoms with Crippen molar-refractivity contribution in [1.82, 2.24) is 4.98 Å². The number of halogens is 3. The van der Waals surface area contributed by atoms with E-state index in [1.165, 1.54) is 23.5 Å². The van der Waals surface area contributed by atoms with Crippen LogP contribution >= 0.6 is 34.5 Å². The maximum Gasteiger partial charge on any atom is 0.166 e. The van der Waals surface area contributed by atoms with Crippen LogP contribution in [0.5, 0.6) is 5.75 Å². The van der Waals surface area contributed by atoms with E-state index in [0.29, 0.717) is 17.3 Å². The summed E-state index contributed by atoms with van der Waals surface area (Å²) in [6.45, 7) is 1.96.